The summed E-state index contributed by atoms with van der Waals surface area (Å²) in [5.41, 5.74) is 0.467. The van der Waals surface area contributed by atoms with Crippen molar-refractivity contribution in [2.75, 3.05) is 5.32 Å². The summed E-state index contributed by atoms with van der Waals surface area (Å²) in [6.45, 7) is 0. The highest BCUT2D eigenvalue weighted by atomic mass is 35.5. The molecule has 0 atom stereocenters. The molecular weight excluding hydrogens is 268 g/mol. The van der Waals surface area contributed by atoms with Crippen molar-refractivity contribution in [3.05, 3.63) is 40.3 Å². The zero-order chi connectivity index (χ0) is 12.4. The van der Waals surface area contributed by atoms with Gasteiger partial charge in [-0.2, -0.15) is 0 Å². The fourth-order valence-electron chi connectivity index (χ4n) is 1.30. The minimum atomic E-state index is -0.441. The number of halogens is 3. The van der Waals surface area contributed by atoms with Gasteiger partial charge in [0, 0.05) is 0 Å². The van der Waals surface area contributed by atoms with Crippen LogP contribution in [-0.2, 0) is 4.79 Å². The predicted octanol–water partition coefficient (Wildman–Crippen LogP) is 2.89. The molecule has 0 aliphatic carbocycles. The number of anilines is 1. The molecule has 1 aromatic heterocycles. The molecule has 0 saturated carbocycles. The molecule has 0 fully saturated rings. The first-order valence-corrected chi connectivity index (χ1v) is 5.28. The molecule has 0 radical (unpaired) electrons. The number of aromatic nitrogens is 2. The zero-order valence-corrected chi connectivity index (χ0v) is 9.84. The third-order valence-electron chi connectivity index (χ3n) is 2.02. The van der Waals surface area contributed by atoms with Crippen LogP contribution in [0.3, 0.4) is 0 Å². The molecule has 7 heteroatoms. The summed E-state index contributed by atoms with van der Waals surface area (Å²) < 4.78 is 14.2. The molecule has 0 saturated heterocycles. The van der Waals surface area contributed by atoms with Gasteiger partial charge in [-0.3, -0.25) is 4.79 Å². The highest BCUT2D eigenvalue weighted by molar-refractivity contribution is 6.33. The Morgan fingerprint density at radius 1 is 1.35 bits per heavy atom. The average molecular weight is 274 g/mol. The maximum absolute atomic E-state index is 12.9. The summed E-state index contributed by atoms with van der Waals surface area (Å²) >= 11 is 11.7. The second kappa shape index (κ2) is 4.73. The van der Waals surface area contributed by atoms with Crippen LogP contribution >= 0.6 is 23.2 Å². The average Bonchev–Trinajstić information content (AvgIpc) is 2.60. The Bertz CT molecular complexity index is 571. The zero-order valence-electron chi connectivity index (χ0n) is 8.32. The van der Waals surface area contributed by atoms with Gasteiger partial charge in [-0.05, 0) is 18.2 Å². The van der Waals surface area contributed by atoms with E-state index in [0.717, 1.165) is 0 Å². The number of hydrogen-bond acceptors (Lipinski definition) is 2. The summed E-state index contributed by atoms with van der Waals surface area (Å²) in [5.74, 6) is -0.231. The summed E-state index contributed by atoms with van der Waals surface area (Å²) in [5, 5.41) is 6.79. The Balaban J connectivity index is 2.46. The van der Waals surface area contributed by atoms with E-state index in [1.165, 1.54) is 29.1 Å². The maximum Gasteiger partial charge on any atom is 0.212 e. The Kier molecular flexibility index (Phi) is 3.31. The Morgan fingerprint density at radius 3 is 2.76 bits per heavy atom. The third kappa shape index (κ3) is 2.40. The highest BCUT2D eigenvalue weighted by Gasteiger charge is 2.10. The van der Waals surface area contributed by atoms with Crippen LogP contribution in [0.25, 0.3) is 5.69 Å². The lowest BCUT2D eigenvalue weighted by atomic mass is 10.3. The number of rotatable bonds is 3. The Morgan fingerprint density at radius 2 is 2.12 bits per heavy atom. The van der Waals surface area contributed by atoms with Crippen LogP contribution in [0, 0.1) is 5.82 Å². The largest absolute Gasteiger partial charge is 0.311 e. The molecule has 0 aliphatic rings. The Hall–Kier alpha value is -1.59. The van der Waals surface area contributed by atoms with Gasteiger partial charge in [0.2, 0.25) is 6.41 Å². The minimum Gasteiger partial charge on any atom is -0.311 e. The topological polar surface area (TPSA) is 46.9 Å². The number of nitrogens with one attached hydrogen (secondary N) is 1. The van der Waals surface area contributed by atoms with Crippen LogP contribution in [-0.4, -0.2) is 16.2 Å². The summed E-state index contributed by atoms with van der Waals surface area (Å²) in [6, 6.07) is 3.88. The summed E-state index contributed by atoms with van der Waals surface area (Å²) in [4.78, 5) is 10.3. The number of hydrogen-bond donors (Lipinski definition) is 1. The van der Waals surface area contributed by atoms with E-state index in [9.17, 15) is 9.18 Å². The van der Waals surface area contributed by atoms with Crippen LogP contribution < -0.4 is 5.32 Å². The molecule has 0 unspecified atom stereocenters. The molecule has 4 nitrogen and oxygen atoms in total. The number of benzene rings is 1. The molecule has 1 aromatic carbocycles. The smallest absolute Gasteiger partial charge is 0.212 e. The maximum atomic E-state index is 12.9. The van der Waals surface area contributed by atoms with E-state index in [4.69, 9.17) is 23.2 Å². The first-order valence-electron chi connectivity index (χ1n) is 4.52. The standard InChI is InChI=1S/C10H6Cl2FN3O/c11-7-3-6(13)1-2-9(7)16-4-8(12)10(15-16)14-5-17/h1-5H,(H,14,15,17). The van der Waals surface area contributed by atoms with Crippen molar-refractivity contribution in [2.24, 2.45) is 0 Å². The molecule has 17 heavy (non-hydrogen) atoms. The van der Waals surface area contributed by atoms with E-state index in [1.807, 2.05) is 0 Å². The van der Waals surface area contributed by atoms with E-state index in [1.54, 1.807) is 0 Å². The van der Waals surface area contributed by atoms with Gasteiger partial charge in [-0.15, -0.1) is 5.10 Å². The van der Waals surface area contributed by atoms with Gasteiger partial charge >= 0.3 is 0 Å². The third-order valence-corrected chi connectivity index (χ3v) is 2.60. The molecule has 2 rings (SSSR count). The molecule has 1 amide bonds. The number of carbonyl (C=O) groups is 1. The second-order valence-corrected chi connectivity index (χ2v) is 3.94. The van der Waals surface area contributed by atoms with Crippen molar-refractivity contribution in [1.82, 2.24) is 9.78 Å². The Labute approximate surface area is 106 Å². The van der Waals surface area contributed by atoms with Gasteiger partial charge in [0.15, 0.2) is 5.82 Å². The molecular formula is C10H6Cl2FN3O. The van der Waals surface area contributed by atoms with Crippen LogP contribution in [0.15, 0.2) is 24.4 Å². The monoisotopic (exact) mass is 273 g/mol. The van der Waals surface area contributed by atoms with Crippen molar-refractivity contribution in [3.8, 4) is 5.69 Å². The molecule has 1 N–H and O–H groups in total. The number of carbonyl (C=O) groups excluding carboxylic acids is 1. The van der Waals surface area contributed by atoms with Crippen LogP contribution in [0.4, 0.5) is 10.2 Å². The van der Waals surface area contributed by atoms with E-state index in [2.05, 4.69) is 10.4 Å². The van der Waals surface area contributed by atoms with Crippen molar-refractivity contribution < 1.29 is 9.18 Å². The van der Waals surface area contributed by atoms with Gasteiger partial charge in [0.05, 0.1) is 16.9 Å². The van der Waals surface area contributed by atoms with Gasteiger partial charge in [-0.25, -0.2) is 9.07 Å². The molecule has 0 aliphatic heterocycles. The molecule has 0 spiro atoms. The highest BCUT2D eigenvalue weighted by Crippen LogP contribution is 2.25. The van der Waals surface area contributed by atoms with Crippen molar-refractivity contribution >= 4 is 35.4 Å². The van der Waals surface area contributed by atoms with Crippen LogP contribution in [0.1, 0.15) is 0 Å². The van der Waals surface area contributed by atoms with Crippen LogP contribution in [0.2, 0.25) is 10.0 Å². The van der Waals surface area contributed by atoms with Crippen molar-refractivity contribution in [2.45, 2.75) is 0 Å². The lowest BCUT2D eigenvalue weighted by Crippen LogP contribution is -1.99. The van der Waals surface area contributed by atoms with Crippen molar-refractivity contribution in [1.29, 1.82) is 0 Å². The second-order valence-electron chi connectivity index (χ2n) is 3.13. The summed E-state index contributed by atoms with van der Waals surface area (Å²) in [7, 11) is 0. The SMILES string of the molecule is O=CNc1nn(-c2ccc(F)cc2Cl)cc1Cl. The lowest BCUT2D eigenvalue weighted by Gasteiger charge is -2.03. The van der Waals surface area contributed by atoms with E-state index >= 15 is 0 Å². The van der Waals surface area contributed by atoms with Gasteiger partial charge < -0.3 is 5.32 Å². The first-order chi connectivity index (χ1) is 8.11. The predicted molar refractivity (Wildman–Crippen MR) is 63.2 cm³/mol. The fourth-order valence-corrected chi connectivity index (χ4v) is 1.74. The molecule has 1 heterocycles. The minimum absolute atomic E-state index is 0.196. The van der Waals surface area contributed by atoms with Crippen molar-refractivity contribution in [3.63, 3.8) is 0 Å². The summed E-state index contributed by atoms with van der Waals surface area (Å²) in [6.07, 6.45) is 1.93. The fraction of sp³-hybridized carbons (Fsp3) is 0. The van der Waals surface area contributed by atoms with E-state index in [-0.39, 0.29) is 15.9 Å². The number of nitrogens with zero attached hydrogens (tertiary/aromatic N) is 2. The van der Waals surface area contributed by atoms with Gasteiger partial charge in [0.25, 0.3) is 0 Å². The quantitative estimate of drug-likeness (QED) is 0.875. The number of amides is 1. The van der Waals surface area contributed by atoms with Crippen LogP contribution in [0.5, 0.6) is 0 Å². The molecule has 0 bridgehead atoms. The van der Waals surface area contributed by atoms with Gasteiger partial charge in [-0.1, -0.05) is 23.2 Å². The van der Waals surface area contributed by atoms with Gasteiger partial charge in [0.1, 0.15) is 10.8 Å². The van der Waals surface area contributed by atoms with E-state index < -0.39 is 5.82 Å². The lowest BCUT2D eigenvalue weighted by molar-refractivity contribution is -0.105. The molecule has 2 aromatic rings. The first kappa shape index (κ1) is 11.9. The van der Waals surface area contributed by atoms with E-state index in [0.29, 0.717) is 12.1 Å². The normalized spacial score (nSPS) is 10.3. The molecule has 88 valence electrons.